The van der Waals surface area contributed by atoms with Crippen LogP contribution in [-0.2, 0) is 23.0 Å². The number of carbonyl (C=O) groups is 1. The average molecular weight is 371 g/mol. The van der Waals surface area contributed by atoms with E-state index in [1.807, 2.05) is 36.0 Å². The van der Waals surface area contributed by atoms with Gasteiger partial charge in [0.1, 0.15) is 19.0 Å². The molecular formula is C20H25N3O4. The van der Waals surface area contributed by atoms with Crippen LogP contribution < -0.4 is 14.8 Å². The summed E-state index contributed by atoms with van der Waals surface area (Å²) >= 11 is 0. The number of aryl methyl sites for hydroxylation is 1. The van der Waals surface area contributed by atoms with Crippen LogP contribution in [0.4, 0.5) is 0 Å². The Balaban J connectivity index is 1.47. The Morgan fingerprint density at radius 1 is 1.22 bits per heavy atom. The molecule has 1 amide bonds. The molecule has 144 valence electrons. The Hall–Kier alpha value is -2.54. The molecule has 0 aliphatic carbocycles. The summed E-state index contributed by atoms with van der Waals surface area (Å²) in [7, 11) is 1.96. The summed E-state index contributed by atoms with van der Waals surface area (Å²) in [4.78, 5) is 17.3. The molecular weight excluding hydrogens is 346 g/mol. The van der Waals surface area contributed by atoms with Crippen LogP contribution in [0.3, 0.4) is 0 Å². The maximum atomic E-state index is 12.8. The maximum absolute atomic E-state index is 12.8. The van der Waals surface area contributed by atoms with Gasteiger partial charge in [-0.15, -0.1) is 0 Å². The van der Waals surface area contributed by atoms with Gasteiger partial charge in [-0.05, 0) is 36.5 Å². The largest absolute Gasteiger partial charge is 0.486 e. The van der Waals surface area contributed by atoms with E-state index in [1.165, 1.54) is 0 Å². The Labute approximate surface area is 158 Å². The lowest BCUT2D eigenvalue weighted by atomic mass is 9.91. The Morgan fingerprint density at radius 2 is 2.00 bits per heavy atom. The van der Waals surface area contributed by atoms with Crippen LogP contribution in [-0.4, -0.2) is 41.9 Å². The third-order valence-corrected chi connectivity index (χ3v) is 5.16. The Morgan fingerprint density at radius 3 is 2.74 bits per heavy atom. The van der Waals surface area contributed by atoms with Crippen molar-refractivity contribution in [3.05, 3.63) is 42.0 Å². The molecule has 2 aromatic rings. The van der Waals surface area contributed by atoms with Crippen LogP contribution in [0.25, 0.3) is 0 Å². The predicted molar refractivity (Wildman–Crippen MR) is 98.8 cm³/mol. The van der Waals surface area contributed by atoms with Crippen molar-refractivity contribution in [2.75, 3.05) is 26.4 Å². The third kappa shape index (κ3) is 4.08. The van der Waals surface area contributed by atoms with Gasteiger partial charge in [0.05, 0.1) is 12.5 Å². The van der Waals surface area contributed by atoms with E-state index in [0.717, 1.165) is 43.2 Å². The van der Waals surface area contributed by atoms with Gasteiger partial charge < -0.3 is 24.1 Å². The molecule has 0 spiro atoms. The molecule has 1 atom stereocenters. The van der Waals surface area contributed by atoms with Gasteiger partial charge in [-0.25, -0.2) is 4.98 Å². The number of hydrogen-bond donors (Lipinski definition) is 1. The molecule has 0 bridgehead atoms. The summed E-state index contributed by atoms with van der Waals surface area (Å²) in [5, 5.41) is 3.21. The van der Waals surface area contributed by atoms with Gasteiger partial charge in [0.15, 0.2) is 11.5 Å². The highest BCUT2D eigenvalue weighted by Crippen LogP contribution is 2.32. The second-order valence-electron chi connectivity index (χ2n) is 7.05. The molecule has 1 saturated heterocycles. The van der Waals surface area contributed by atoms with Crippen molar-refractivity contribution in [3.63, 3.8) is 0 Å². The van der Waals surface area contributed by atoms with E-state index in [0.29, 0.717) is 31.3 Å². The Kier molecular flexibility index (Phi) is 5.29. The van der Waals surface area contributed by atoms with E-state index in [9.17, 15) is 4.79 Å². The molecule has 0 radical (unpaired) electrons. The minimum atomic E-state index is -0.112. The minimum Gasteiger partial charge on any atom is -0.486 e. The van der Waals surface area contributed by atoms with Crippen LogP contribution in [0.1, 0.15) is 30.3 Å². The molecule has 2 aliphatic heterocycles. The molecule has 4 rings (SSSR count). The van der Waals surface area contributed by atoms with Crippen LogP contribution in [0.5, 0.6) is 11.5 Å². The van der Waals surface area contributed by atoms with E-state index in [1.54, 1.807) is 6.20 Å². The van der Waals surface area contributed by atoms with Crippen molar-refractivity contribution in [1.29, 1.82) is 0 Å². The van der Waals surface area contributed by atoms with Gasteiger partial charge in [-0.2, -0.15) is 0 Å². The van der Waals surface area contributed by atoms with Gasteiger partial charge in [0.25, 0.3) is 0 Å². The normalized spacial score (nSPS) is 18.1. The fourth-order valence-corrected chi connectivity index (χ4v) is 3.73. The molecule has 1 aromatic carbocycles. The van der Waals surface area contributed by atoms with E-state index in [4.69, 9.17) is 14.2 Å². The van der Waals surface area contributed by atoms with Crippen molar-refractivity contribution >= 4 is 5.91 Å². The van der Waals surface area contributed by atoms with Gasteiger partial charge in [0.2, 0.25) is 5.91 Å². The number of fused-ring (bicyclic) bond motifs is 1. The molecule has 1 N–H and O–H groups in total. The first-order valence-electron chi connectivity index (χ1n) is 9.43. The number of benzene rings is 1. The highest BCUT2D eigenvalue weighted by Gasteiger charge is 2.29. The molecule has 1 unspecified atom stereocenters. The standard InChI is InChI=1S/C20H25N3O4/c1-23-7-6-21-20(23)19(15-4-8-25-9-5-15)22-18(24)13-14-2-3-16-17(12-14)27-11-10-26-16/h2-3,6-7,12,15,19H,4-5,8-11,13H2,1H3,(H,22,24). The molecule has 1 aromatic heterocycles. The fraction of sp³-hybridized carbons (Fsp3) is 0.500. The van der Waals surface area contributed by atoms with Crippen molar-refractivity contribution in [2.24, 2.45) is 13.0 Å². The first-order valence-corrected chi connectivity index (χ1v) is 9.43. The molecule has 7 heteroatoms. The van der Waals surface area contributed by atoms with E-state index in [2.05, 4.69) is 10.3 Å². The summed E-state index contributed by atoms with van der Waals surface area (Å²) in [5.41, 5.74) is 0.905. The zero-order chi connectivity index (χ0) is 18.6. The highest BCUT2D eigenvalue weighted by molar-refractivity contribution is 5.79. The van der Waals surface area contributed by atoms with Crippen LogP contribution >= 0.6 is 0 Å². The summed E-state index contributed by atoms with van der Waals surface area (Å²) in [6.45, 7) is 2.55. The van der Waals surface area contributed by atoms with Crippen molar-refractivity contribution < 1.29 is 19.0 Å². The minimum absolute atomic E-state index is 0.0221. The SMILES string of the molecule is Cn1ccnc1C(NC(=O)Cc1ccc2c(c1)OCCO2)C1CCOCC1. The monoisotopic (exact) mass is 371 g/mol. The lowest BCUT2D eigenvalue weighted by Crippen LogP contribution is -2.38. The van der Waals surface area contributed by atoms with E-state index >= 15 is 0 Å². The van der Waals surface area contributed by atoms with Crippen LogP contribution in [0.15, 0.2) is 30.6 Å². The second-order valence-corrected chi connectivity index (χ2v) is 7.05. The lowest BCUT2D eigenvalue weighted by Gasteiger charge is -2.30. The molecule has 2 aliphatic rings. The van der Waals surface area contributed by atoms with E-state index in [-0.39, 0.29) is 11.9 Å². The molecule has 0 saturated carbocycles. The summed E-state index contributed by atoms with van der Waals surface area (Å²) in [5.74, 6) is 2.63. The molecule has 3 heterocycles. The van der Waals surface area contributed by atoms with Crippen LogP contribution in [0.2, 0.25) is 0 Å². The molecule has 27 heavy (non-hydrogen) atoms. The number of amides is 1. The highest BCUT2D eigenvalue weighted by atomic mass is 16.6. The van der Waals surface area contributed by atoms with Crippen molar-refractivity contribution in [3.8, 4) is 11.5 Å². The summed E-state index contributed by atoms with van der Waals surface area (Å²) < 4.78 is 18.6. The number of rotatable bonds is 5. The number of ether oxygens (including phenoxy) is 3. The summed E-state index contributed by atoms with van der Waals surface area (Å²) in [6.07, 6.45) is 5.81. The van der Waals surface area contributed by atoms with Crippen molar-refractivity contribution in [1.82, 2.24) is 14.9 Å². The van der Waals surface area contributed by atoms with Gasteiger partial charge in [-0.3, -0.25) is 4.79 Å². The van der Waals surface area contributed by atoms with Gasteiger partial charge >= 0.3 is 0 Å². The predicted octanol–water partition coefficient (Wildman–Crippen LogP) is 2.02. The first kappa shape index (κ1) is 17.9. The number of aromatic nitrogens is 2. The zero-order valence-electron chi connectivity index (χ0n) is 15.5. The smallest absolute Gasteiger partial charge is 0.225 e. The average Bonchev–Trinajstić information content (AvgIpc) is 3.12. The number of nitrogens with zero attached hydrogens (tertiary/aromatic N) is 2. The summed E-state index contributed by atoms with van der Waals surface area (Å²) in [6, 6.07) is 5.56. The lowest BCUT2D eigenvalue weighted by molar-refractivity contribution is -0.122. The van der Waals surface area contributed by atoms with Crippen LogP contribution in [0, 0.1) is 5.92 Å². The fourth-order valence-electron chi connectivity index (χ4n) is 3.73. The number of carbonyl (C=O) groups excluding carboxylic acids is 1. The molecule has 7 nitrogen and oxygen atoms in total. The number of nitrogens with one attached hydrogen (secondary N) is 1. The zero-order valence-corrected chi connectivity index (χ0v) is 15.5. The number of imidazole rings is 1. The third-order valence-electron chi connectivity index (χ3n) is 5.16. The molecule has 1 fully saturated rings. The topological polar surface area (TPSA) is 74.6 Å². The van der Waals surface area contributed by atoms with E-state index < -0.39 is 0 Å². The second kappa shape index (κ2) is 8.00. The van der Waals surface area contributed by atoms with Crippen molar-refractivity contribution in [2.45, 2.75) is 25.3 Å². The first-order chi connectivity index (χ1) is 13.2. The maximum Gasteiger partial charge on any atom is 0.225 e. The Bertz CT molecular complexity index is 798. The number of hydrogen-bond acceptors (Lipinski definition) is 5. The quantitative estimate of drug-likeness (QED) is 0.870. The van der Waals surface area contributed by atoms with Gasteiger partial charge in [-0.1, -0.05) is 6.07 Å². The van der Waals surface area contributed by atoms with Gasteiger partial charge in [0, 0.05) is 32.7 Å².